The minimum Gasteiger partial charge on any atom is -0.492 e. The van der Waals surface area contributed by atoms with Crippen molar-refractivity contribution >= 4 is 15.5 Å². The molecule has 1 fully saturated rings. The normalized spacial score (nSPS) is 23.1. The predicted octanol–water partition coefficient (Wildman–Crippen LogP) is 0.767. The highest BCUT2D eigenvalue weighted by atomic mass is 32.2. The second-order valence-corrected chi connectivity index (χ2v) is 7.15. The molecule has 0 amide bonds. The first-order valence-corrected chi connectivity index (χ1v) is 8.21. The molecule has 6 heteroatoms. The van der Waals surface area contributed by atoms with Gasteiger partial charge in [-0.2, -0.15) is 0 Å². The number of hydrogen-bond donors (Lipinski definition) is 1. The first-order valence-electron chi connectivity index (χ1n) is 6.39. The molecule has 0 aromatic heterocycles. The minimum absolute atomic E-state index is 0.0585. The fourth-order valence-corrected chi connectivity index (χ4v) is 3.88. The number of anilines is 1. The Kier molecular flexibility index (Phi) is 4.31. The SMILES string of the molecule is CC1CS(=O)(=O)CCN1CCOc1cccc(N)c1. The highest BCUT2D eigenvalue weighted by molar-refractivity contribution is 7.91. The zero-order valence-electron chi connectivity index (χ0n) is 11.1. The van der Waals surface area contributed by atoms with Crippen molar-refractivity contribution in [2.45, 2.75) is 13.0 Å². The van der Waals surface area contributed by atoms with Gasteiger partial charge in [-0.15, -0.1) is 0 Å². The van der Waals surface area contributed by atoms with E-state index in [0.29, 0.717) is 18.8 Å². The molecule has 1 heterocycles. The summed E-state index contributed by atoms with van der Waals surface area (Å²) in [6, 6.07) is 7.36. The highest BCUT2D eigenvalue weighted by Gasteiger charge is 2.27. The average Bonchev–Trinajstić information content (AvgIpc) is 2.31. The Bertz CT molecular complexity index is 530. The lowest BCUT2D eigenvalue weighted by molar-refractivity contribution is 0.179. The Morgan fingerprint density at radius 3 is 2.95 bits per heavy atom. The number of rotatable bonds is 4. The van der Waals surface area contributed by atoms with Crippen LogP contribution in [0.15, 0.2) is 24.3 Å². The molecular weight excluding hydrogens is 264 g/mol. The van der Waals surface area contributed by atoms with Crippen LogP contribution in [0.2, 0.25) is 0 Å². The third kappa shape index (κ3) is 4.11. The van der Waals surface area contributed by atoms with Gasteiger partial charge >= 0.3 is 0 Å². The number of nitrogens with zero attached hydrogens (tertiary/aromatic N) is 1. The van der Waals surface area contributed by atoms with E-state index in [0.717, 1.165) is 12.3 Å². The number of nitrogen functional groups attached to an aromatic ring is 1. The Balaban J connectivity index is 1.80. The Morgan fingerprint density at radius 1 is 1.47 bits per heavy atom. The van der Waals surface area contributed by atoms with Crippen LogP contribution in [0.5, 0.6) is 5.75 Å². The summed E-state index contributed by atoms with van der Waals surface area (Å²) in [6.07, 6.45) is 0. The Labute approximate surface area is 114 Å². The molecule has 2 N–H and O–H groups in total. The third-order valence-corrected chi connectivity index (χ3v) is 5.11. The number of nitrogens with two attached hydrogens (primary N) is 1. The first-order chi connectivity index (χ1) is 8.96. The van der Waals surface area contributed by atoms with Gasteiger partial charge in [0.25, 0.3) is 0 Å². The monoisotopic (exact) mass is 284 g/mol. The number of sulfone groups is 1. The fraction of sp³-hybridized carbons (Fsp3) is 0.538. The van der Waals surface area contributed by atoms with Crippen molar-refractivity contribution in [1.29, 1.82) is 0 Å². The zero-order chi connectivity index (χ0) is 13.9. The van der Waals surface area contributed by atoms with Crippen molar-refractivity contribution in [2.75, 3.05) is 36.9 Å². The van der Waals surface area contributed by atoms with E-state index in [-0.39, 0.29) is 17.5 Å². The van der Waals surface area contributed by atoms with Gasteiger partial charge in [0.15, 0.2) is 9.84 Å². The molecular formula is C13H20N2O3S. The van der Waals surface area contributed by atoms with E-state index in [1.807, 2.05) is 25.1 Å². The van der Waals surface area contributed by atoms with Crippen LogP contribution in [0.25, 0.3) is 0 Å². The molecule has 1 aliphatic heterocycles. The molecule has 1 atom stereocenters. The van der Waals surface area contributed by atoms with E-state index in [4.69, 9.17) is 10.5 Å². The summed E-state index contributed by atoms with van der Waals surface area (Å²) in [5, 5.41) is 0. The maximum absolute atomic E-state index is 11.5. The quantitative estimate of drug-likeness (QED) is 0.827. The fourth-order valence-electron chi connectivity index (χ4n) is 2.25. The van der Waals surface area contributed by atoms with Gasteiger partial charge in [-0.25, -0.2) is 8.42 Å². The third-order valence-electron chi connectivity index (χ3n) is 3.31. The van der Waals surface area contributed by atoms with Crippen molar-refractivity contribution in [2.24, 2.45) is 0 Å². The van der Waals surface area contributed by atoms with Crippen LogP contribution in [0.4, 0.5) is 5.69 Å². The number of ether oxygens (including phenoxy) is 1. The molecule has 1 aromatic rings. The molecule has 0 spiro atoms. The maximum atomic E-state index is 11.5. The maximum Gasteiger partial charge on any atom is 0.153 e. The topological polar surface area (TPSA) is 72.6 Å². The molecule has 2 rings (SSSR count). The van der Waals surface area contributed by atoms with Crippen LogP contribution in [0.3, 0.4) is 0 Å². The molecule has 19 heavy (non-hydrogen) atoms. The van der Waals surface area contributed by atoms with E-state index in [1.165, 1.54) is 0 Å². The molecule has 0 saturated carbocycles. The van der Waals surface area contributed by atoms with Gasteiger partial charge in [0.2, 0.25) is 0 Å². The lowest BCUT2D eigenvalue weighted by atomic mass is 10.3. The number of hydrogen-bond acceptors (Lipinski definition) is 5. The zero-order valence-corrected chi connectivity index (χ0v) is 11.9. The molecule has 1 aromatic carbocycles. The van der Waals surface area contributed by atoms with Gasteiger partial charge in [0.05, 0.1) is 11.5 Å². The van der Waals surface area contributed by atoms with Crippen molar-refractivity contribution < 1.29 is 13.2 Å². The summed E-state index contributed by atoms with van der Waals surface area (Å²) < 4.78 is 28.6. The standard InChI is InChI=1S/C13H20N2O3S/c1-11-10-19(16,17)8-6-15(11)5-7-18-13-4-2-3-12(14)9-13/h2-4,9,11H,5-8,10,14H2,1H3. The number of benzene rings is 1. The van der Waals surface area contributed by atoms with Gasteiger partial charge in [-0.1, -0.05) is 6.07 Å². The van der Waals surface area contributed by atoms with Gasteiger partial charge in [0.1, 0.15) is 12.4 Å². The molecule has 1 aliphatic rings. The first kappa shape index (κ1) is 14.1. The summed E-state index contributed by atoms with van der Waals surface area (Å²) in [4.78, 5) is 2.15. The lowest BCUT2D eigenvalue weighted by Crippen LogP contribution is -2.48. The summed E-state index contributed by atoms with van der Waals surface area (Å²) in [5.74, 6) is 1.23. The minimum atomic E-state index is -2.85. The molecule has 5 nitrogen and oxygen atoms in total. The Morgan fingerprint density at radius 2 is 2.26 bits per heavy atom. The summed E-state index contributed by atoms with van der Waals surface area (Å²) in [7, 11) is -2.85. The molecule has 1 saturated heterocycles. The molecule has 106 valence electrons. The predicted molar refractivity (Wildman–Crippen MR) is 76.0 cm³/mol. The van der Waals surface area contributed by atoms with Crippen molar-refractivity contribution in [3.05, 3.63) is 24.3 Å². The van der Waals surface area contributed by atoms with Crippen LogP contribution >= 0.6 is 0 Å². The van der Waals surface area contributed by atoms with Gasteiger partial charge in [-0.3, -0.25) is 4.90 Å². The smallest absolute Gasteiger partial charge is 0.153 e. The van der Waals surface area contributed by atoms with Crippen molar-refractivity contribution in [1.82, 2.24) is 4.90 Å². The average molecular weight is 284 g/mol. The van der Waals surface area contributed by atoms with E-state index in [1.54, 1.807) is 6.07 Å². The van der Waals surface area contributed by atoms with Gasteiger partial charge in [-0.05, 0) is 19.1 Å². The molecule has 1 unspecified atom stereocenters. The summed E-state index contributed by atoms with van der Waals surface area (Å²) >= 11 is 0. The van der Waals surface area contributed by atoms with Crippen LogP contribution in [-0.4, -0.2) is 50.6 Å². The van der Waals surface area contributed by atoms with E-state index in [9.17, 15) is 8.42 Å². The van der Waals surface area contributed by atoms with E-state index < -0.39 is 9.84 Å². The highest BCUT2D eigenvalue weighted by Crippen LogP contribution is 2.15. The lowest BCUT2D eigenvalue weighted by Gasteiger charge is -2.32. The second-order valence-electron chi connectivity index (χ2n) is 4.92. The van der Waals surface area contributed by atoms with Crippen LogP contribution in [-0.2, 0) is 9.84 Å². The second kappa shape index (κ2) is 5.79. The molecule has 0 radical (unpaired) electrons. The summed E-state index contributed by atoms with van der Waals surface area (Å²) in [6.45, 7) is 3.79. The van der Waals surface area contributed by atoms with Crippen molar-refractivity contribution in [3.63, 3.8) is 0 Å². The van der Waals surface area contributed by atoms with Gasteiger partial charge < -0.3 is 10.5 Å². The van der Waals surface area contributed by atoms with E-state index in [2.05, 4.69) is 4.90 Å². The molecule has 0 bridgehead atoms. The Hall–Kier alpha value is -1.27. The van der Waals surface area contributed by atoms with Crippen molar-refractivity contribution in [3.8, 4) is 5.75 Å². The summed E-state index contributed by atoms with van der Waals surface area (Å²) in [5.41, 5.74) is 6.34. The van der Waals surface area contributed by atoms with E-state index >= 15 is 0 Å². The van der Waals surface area contributed by atoms with Crippen LogP contribution in [0, 0.1) is 0 Å². The largest absolute Gasteiger partial charge is 0.492 e. The van der Waals surface area contributed by atoms with Gasteiger partial charge in [0, 0.05) is 30.9 Å². The van der Waals surface area contributed by atoms with Crippen LogP contribution in [0.1, 0.15) is 6.92 Å². The molecule has 0 aliphatic carbocycles. The van der Waals surface area contributed by atoms with Crippen LogP contribution < -0.4 is 10.5 Å².